The fourth-order valence-electron chi connectivity index (χ4n) is 2.71. The van der Waals surface area contributed by atoms with Crippen molar-refractivity contribution in [1.82, 2.24) is 35.3 Å². The minimum absolute atomic E-state index is 0.309. The number of hydrogen-bond donors (Lipinski definition) is 3. The van der Waals surface area contributed by atoms with Crippen LogP contribution in [0.2, 0.25) is 0 Å². The minimum atomic E-state index is -0.309. The summed E-state index contributed by atoms with van der Waals surface area (Å²) in [5, 5.41) is 14.3. The van der Waals surface area contributed by atoms with Crippen LogP contribution < -0.4 is 11.0 Å². The molecule has 0 radical (unpaired) electrons. The second-order valence-electron chi connectivity index (χ2n) is 5.75. The van der Waals surface area contributed by atoms with E-state index in [9.17, 15) is 4.79 Å². The van der Waals surface area contributed by atoms with E-state index in [-0.39, 0.29) is 5.69 Å². The van der Waals surface area contributed by atoms with Crippen LogP contribution >= 0.6 is 0 Å². The lowest BCUT2D eigenvalue weighted by atomic mass is 10.1. The average molecular weight is 347 g/mol. The summed E-state index contributed by atoms with van der Waals surface area (Å²) in [7, 11) is 0. The molecular weight excluding hydrogens is 330 g/mol. The maximum Gasteiger partial charge on any atom is 0.340 e. The van der Waals surface area contributed by atoms with E-state index in [0.29, 0.717) is 18.9 Å². The number of benzene rings is 1. The van der Waals surface area contributed by atoms with Crippen LogP contribution in [0, 0.1) is 0 Å². The number of H-pyrrole nitrogens is 2. The third kappa shape index (κ3) is 3.45. The molecule has 3 N–H and O–H groups in total. The maximum atomic E-state index is 11.1. The molecule has 3 heterocycles. The smallest absolute Gasteiger partial charge is 0.306 e. The number of pyridine rings is 1. The molecule has 26 heavy (non-hydrogen) atoms. The zero-order chi connectivity index (χ0) is 17.8. The molecule has 1 aromatic carbocycles. The third-order valence-corrected chi connectivity index (χ3v) is 3.92. The Morgan fingerprint density at radius 2 is 1.85 bits per heavy atom. The largest absolute Gasteiger partial charge is 0.340 e. The highest BCUT2D eigenvalue weighted by atomic mass is 16.1. The molecular formula is C18H17N7O. The van der Waals surface area contributed by atoms with Gasteiger partial charge in [-0.25, -0.2) is 14.6 Å². The summed E-state index contributed by atoms with van der Waals surface area (Å²) in [6, 6.07) is 13.8. The topological polar surface area (TPSA) is 104 Å². The van der Waals surface area contributed by atoms with E-state index in [0.717, 1.165) is 22.5 Å². The van der Waals surface area contributed by atoms with Gasteiger partial charge in [-0.05, 0) is 24.3 Å². The molecule has 0 aliphatic heterocycles. The molecule has 3 aromatic heterocycles. The molecule has 0 spiro atoms. The lowest BCUT2D eigenvalue weighted by Gasteiger charge is -2.03. The van der Waals surface area contributed by atoms with Gasteiger partial charge in [-0.15, -0.1) is 0 Å². The van der Waals surface area contributed by atoms with Crippen LogP contribution in [0.4, 0.5) is 0 Å². The summed E-state index contributed by atoms with van der Waals surface area (Å²) in [5.41, 5.74) is 3.61. The van der Waals surface area contributed by atoms with Gasteiger partial charge >= 0.3 is 5.69 Å². The van der Waals surface area contributed by atoms with Crippen molar-refractivity contribution >= 4 is 0 Å². The van der Waals surface area contributed by atoms with Crippen LogP contribution in [0.1, 0.15) is 11.4 Å². The number of para-hydroxylation sites is 1. The molecule has 0 amide bonds. The van der Waals surface area contributed by atoms with Gasteiger partial charge < -0.3 is 5.32 Å². The van der Waals surface area contributed by atoms with E-state index in [1.54, 1.807) is 12.4 Å². The van der Waals surface area contributed by atoms with Gasteiger partial charge in [0, 0.05) is 36.3 Å². The summed E-state index contributed by atoms with van der Waals surface area (Å²) in [6.45, 7) is 1.03. The zero-order valence-corrected chi connectivity index (χ0v) is 13.9. The lowest BCUT2D eigenvalue weighted by Crippen LogP contribution is -2.14. The Labute approximate surface area is 148 Å². The molecule has 4 aromatic rings. The molecule has 8 nitrogen and oxygen atoms in total. The summed E-state index contributed by atoms with van der Waals surface area (Å²) in [4.78, 5) is 17.8. The second-order valence-corrected chi connectivity index (χ2v) is 5.75. The minimum Gasteiger partial charge on any atom is -0.306 e. The van der Waals surface area contributed by atoms with Crippen molar-refractivity contribution in [3.63, 3.8) is 0 Å². The standard InChI is InChI=1S/C18H17N7O/c26-18-21-16(22-23-18)11-20-10-14-12-25(15-4-2-1-3-5-15)24-17(14)13-6-8-19-9-7-13/h1-9,12,20H,10-11H2,(H2,21,22,23,26). The predicted octanol–water partition coefficient (Wildman–Crippen LogP) is 1.64. The molecule has 0 bridgehead atoms. The molecule has 130 valence electrons. The number of aromatic amines is 2. The van der Waals surface area contributed by atoms with Crippen LogP contribution in [-0.4, -0.2) is 29.9 Å². The fraction of sp³-hybridized carbons (Fsp3) is 0.111. The van der Waals surface area contributed by atoms with Crippen LogP contribution in [0.5, 0.6) is 0 Å². The molecule has 0 unspecified atom stereocenters. The van der Waals surface area contributed by atoms with Gasteiger partial charge in [-0.2, -0.15) is 10.2 Å². The van der Waals surface area contributed by atoms with Gasteiger partial charge in [0.1, 0.15) is 5.82 Å². The monoisotopic (exact) mass is 347 g/mol. The van der Waals surface area contributed by atoms with Crippen LogP contribution in [0.25, 0.3) is 16.9 Å². The number of rotatable bonds is 6. The molecule has 0 saturated carbocycles. The molecule has 4 rings (SSSR count). The van der Waals surface area contributed by atoms with Crippen molar-refractivity contribution in [3.05, 3.63) is 82.9 Å². The first-order valence-corrected chi connectivity index (χ1v) is 8.18. The van der Waals surface area contributed by atoms with E-state index >= 15 is 0 Å². The second kappa shape index (κ2) is 7.16. The zero-order valence-electron chi connectivity index (χ0n) is 13.9. The first-order chi connectivity index (χ1) is 12.8. The summed E-state index contributed by atoms with van der Waals surface area (Å²) in [5.74, 6) is 0.566. The van der Waals surface area contributed by atoms with E-state index in [1.807, 2.05) is 53.3 Å². The average Bonchev–Trinajstić information content (AvgIpc) is 3.30. The van der Waals surface area contributed by atoms with Crippen molar-refractivity contribution in [2.24, 2.45) is 0 Å². The number of nitrogens with one attached hydrogen (secondary N) is 3. The van der Waals surface area contributed by atoms with E-state index in [1.165, 1.54) is 0 Å². The highest BCUT2D eigenvalue weighted by molar-refractivity contribution is 5.62. The van der Waals surface area contributed by atoms with E-state index in [4.69, 9.17) is 5.10 Å². The Bertz CT molecular complexity index is 1030. The SMILES string of the molecule is O=c1[nH]nc(CNCc2cn(-c3ccccc3)nc2-c2ccncc2)[nH]1. The highest BCUT2D eigenvalue weighted by Gasteiger charge is 2.12. The van der Waals surface area contributed by atoms with Crippen molar-refractivity contribution in [2.45, 2.75) is 13.1 Å². The van der Waals surface area contributed by atoms with E-state index in [2.05, 4.69) is 25.5 Å². The Kier molecular flexibility index (Phi) is 4.40. The number of hydrogen-bond acceptors (Lipinski definition) is 5. The Hall–Kier alpha value is -3.52. The number of nitrogens with zero attached hydrogens (tertiary/aromatic N) is 4. The van der Waals surface area contributed by atoms with Gasteiger partial charge in [0.15, 0.2) is 0 Å². The first kappa shape index (κ1) is 16.0. The van der Waals surface area contributed by atoms with Crippen molar-refractivity contribution < 1.29 is 0 Å². The quantitative estimate of drug-likeness (QED) is 0.492. The van der Waals surface area contributed by atoms with Gasteiger partial charge in [-0.1, -0.05) is 18.2 Å². The van der Waals surface area contributed by atoms with Gasteiger partial charge in [0.2, 0.25) is 0 Å². The summed E-state index contributed by atoms with van der Waals surface area (Å²) in [6.07, 6.45) is 5.51. The first-order valence-electron chi connectivity index (χ1n) is 8.18. The third-order valence-electron chi connectivity index (χ3n) is 3.92. The molecule has 0 fully saturated rings. The Morgan fingerprint density at radius 1 is 1.04 bits per heavy atom. The van der Waals surface area contributed by atoms with Crippen molar-refractivity contribution in [3.8, 4) is 16.9 Å². The normalized spacial score (nSPS) is 10.9. The van der Waals surface area contributed by atoms with E-state index < -0.39 is 0 Å². The Morgan fingerprint density at radius 3 is 2.58 bits per heavy atom. The van der Waals surface area contributed by atoms with Crippen molar-refractivity contribution in [1.29, 1.82) is 0 Å². The molecule has 0 saturated heterocycles. The highest BCUT2D eigenvalue weighted by Crippen LogP contribution is 2.23. The van der Waals surface area contributed by atoms with Gasteiger partial charge in [-0.3, -0.25) is 9.97 Å². The van der Waals surface area contributed by atoms with Crippen LogP contribution in [0.3, 0.4) is 0 Å². The molecule has 8 heteroatoms. The van der Waals surface area contributed by atoms with Crippen molar-refractivity contribution in [2.75, 3.05) is 0 Å². The molecule has 0 aliphatic rings. The maximum absolute atomic E-state index is 11.1. The van der Waals surface area contributed by atoms with Gasteiger partial charge in [0.25, 0.3) is 0 Å². The predicted molar refractivity (Wildman–Crippen MR) is 96.5 cm³/mol. The summed E-state index contributed by atoms with van der Waals surface area (Å²) >= 11 is 0. The van der Waals surface area contributed by atoms with Crippen LogP contribution in [0.15, 0.2) is 65.8 Å². The molecule has 0 atom stereocenters. The lowest BCUT2D eigenvalue weighted by molar-refractivity contribution is 0.665. The van der Waals surface area contributed by atoms with Gasteiger partial charge in [0.05, 0.1) is 17.9 Å². The fourth-order valence-corrected chi connectivity index (χ4v) is 2.71. The number of aromatic nitrogens is 6. The molecule has 0 aliphatic carbocycles. The van der Waals surface area contributed by atoms with Crippen LogP contribution in [-0.2, 0) is 13.1 Å². The Balaban J connectivity index is 1.61. The summed E-state index contributed by atoms with van der Waals surface area (Å²) < 4.78 is 1.86.